The normalized spacial score (nSPS) is 11.2. The molecule has 0 heterocycles. The van der Waals surface area contributed by atoms with Crippen molar-refractivity contribution in [2.75, 3.05) is 31.3 Å². The molecule has 0 aliphatic heterocycles. The fourth-order valence-corrected chi connectivity index (χ4v) is 3.64. The molecule has 10 heteroatoms. The summed E-state index contributed by atoms with van der Waals surface area (Å²) in [5, 5.41) is 5.14. The van der Waals surface area contributed by atoms with Crippen LogP contribution in [-0.2, 0) is 19.6 Å². The van der Waals surface area contributed by atoms with Crippen molar-refractivity contribution in [3.63, 3.8) is 0 Å². The summed E-state index contributed by atoms with van der Waals surface area (Å²) < 4.78 is 44.6. The molecule has 0 aliphatic carbocycles. The molecule has 0 unspecified atom stereocenters. The van der Waals surface area contributed by atoms with Gasteiger partial charge in [0.05, 0.1) is 13.7 Å². The van der Waals surface area contributed by atoms with E-state index in [1.54, 1.807) is 24.3 Å². The molecule has 0 saturated heterocycles. The van der Waals surface area contributed by atoms with Crippen LogP contribution in [-0.4, -0.2) is 45.2 Å². The maximum absolute atomic E-state index is 13.5. The highest BCUT2D eigenvalue weighted by Gasteiger charge is 2.27. The number of benzene rings is 2. The van der Waals surface area contributed by atoms with Gasteiger partial charge >= 0.3 is 0 Å². The van der Waals surface area contributed by atoms with Crippen molar-refractivity contribution >= 4 is 33.2 Å². The molecule has 8 nitrogen and oxygen atoms in total. The lowest BCUT2D eigenvalue weighted by Crippen LogP contribution is -2.35. The van der Waals surface area contributed by atoms with E-state index in [1.165, 1.54) is 27.1 Å². The van der Waals surface area contributed by atoms with Gasteiger partial charge < -0.3 is 15.4 Å². The molecule has 2 amide bonds. The van der Waals surface area contributed by atoms with Crippen LogP contribution < -0.4 is 15.4 Å². The Bertz CT molecular complexity index is 977. The standard InChI is InChI=1S/C18H20FN3O5S/c1-12(23)20-14-5-7-15(8-6-14)21-18(24)11-22(2)28(25,26)17-10-13(19)4-9-16(17)27-3/h4-10H,11H2,1-3H3,(H,20,23)(H,21,24). The largest absolute Gasteiger partial charge is 0.495 e. The summed E-state index contributed by atoms with van der Waals surface area (Å²) in [6.07, 6.45) is 0. The predicted octanol–water partition coefficient (Wildman–Crippen LogP) is 2.05. The second-order valence-electron chi connectivity index (χ2n) is 5.86. The summed E-state index contributed by atoms with van der Waals surface area (Å²) in [6.45, 7) is 0.884. The zero-order chi connectivity index (χ0) is 20.9. The Kier molecular flexibility index (Phi) is 6.71. The summed E-state index contributed by atoms with van der Waals surface area (Å²) in [4.78, 5) is 22.8. The molecule has 0 aromatic heterocycles. The van der Waals surface area contributed by atoms with E-state index < -0.39 is 28.3 Å². The van der Waals surface area contributed by atoms with Crippen LogP contribution in [0.4, 0.5) is 15.8 Å². The number of methoxy groups -OCH3 is 1. The Morgan fingerprint density at radius 1 is 1.07 bits per heavy atom. The zero-order valence-corrected chi connectivity index (χ0v) is 16.3. The summed E-state index contributed by atoms with van der Waals surface area (Å²) in [6, 6.07) is 9.43. The van der Waals surface area contributed by atoms with Crippen LogP contribution in [0.25, 0.3) is 0 Å². The van der Waals surface area contributed by atoms with Gasteiger partial charge in [0.25, 0.3) is 0 Å². The number of nitrogens with one attached hydrogen (secondary N) is 2. The molecule has 2 N–H and O–H groups in total. The Morgan fingerprint density at radius 2 is 1.64 bits per heavy atom. The van der Waals surface area contributed by atoms with Gasteiger partial charge in [-0.25, -0.2) is 12.8 Å². The molecule has 0 radical (unpaired) electrons. The van der Waals surface area contributed by atoms with Crippen LogP contribution >= 0.6 is 0 Å². The lowest BCUT2D eigenvalue weighted by molar-refractivity contribution is -0.116. The van der Waals surface area contributed by atoms with Crippen molar-refractivity contribution in [2.24, 2.45) is 0 Å². The van der Waals surface area contributed by atoms with E-state index >= 15 is 0 Å². The first-order chi connectivity index (χ1) is 13.1. The third-order valence-electron chi connectivity index (χ3n) is 3.67. The molecule has 0 aliphatic rings. The van der Waals surface area contributed by atoms with Gasteiger partial charge in [-0.15, -0.1) is 0 Å². The minimum Gasteiger partial charge on any atom is -0.495 e. The van der Waals surface area contributed by atoms with Crippen LogP contribution in [0, 0.1) is 5.82 Å². The van der Waals surface area contributed by atoms with E-state index in [0.717, 1.165) is 16.4 Å². The lowest BCUT2D eigenvalue weighted by Gasteiger charge is -2.18. The third kappa shape index (κ3) is 5.27. The number of ether oxygens (including phenoxy) is 1. The van der Waals surface area contributed by atoms with Gasteiger partial charge in [0.15, 0.2) is 0 Å². The summed E-state index contributed by atoms with van der Waals surface area (Å²) in [7, 11) is -1.68. The predicted molar refractivity (Wildman–Crippen MR) is 102 cm³/mol. The highest BCUT2D eigenvalue weighted by molar-refractivity contribution is 7.89. The molecule has 0 saturated carbocycles. The van der Waals surface area contributed by atoms with Crippen LogP contribution in [0.15, 0.2) is 47.4 Å². The number of amides is 2. The van der Waals surface area contributed by atoms with Gasteiger partial charge in [-0.05, 0) is 42.5 Å². The van der Waals surface area contributed by atoms with E-state index in [4.69, 9.17) is 4.74 Å². The molecular weight excluding hydrogens is 389 g/mol. The van der Waals surface area contributed by atoms with Crippen LogP contribution in [0.5, 0.6) is 5.75 Å². The average molecular weight is 409 g/mol. The third-order valence-corrected chi connectivity index (χ3v) is 5.49. The van der Waals surface area contributed by atoms with Gasteiger partial charge in [0, 0.05) is 25.3 Å². The Morgan fingerprint density at radius 3 is 2.18 bits per heavy atom. The highest BCUT2D eigenvalue weighted by atomic mass is 32.2. The molecule has 0 spiro atoms. The number of carbonyl (C=O) groups is 2. The molecule has 28 heavy (non-hydrogen) atoms. The van der Waals surface area contributed by atoms with E-state index in [2.05, 4.69) is 10.6 Å². The number of sulfonamides is 1. The van der Waals surface area contributed by atoms with Crippen molar-refractivity contribution in [3.05, 3.63) is 48.3 Å². The van der Waals surface area contributed by atoms with Crippen molar-refractivity contribution in [2.45, 2.75) is 11.8 Å². The molecule has 2 aromatic rings. The quantitative estimate of drug-likeness (QED) is 0.728. The number of hydrogen-bond donors (Lipinski definition) is 2. The second-order valence-corrected chi connectivity index (χ2v) is 7.88. The first kappa shape index (κ1) is 21.3. The smallest absolute Gasteiger partial charge is 0.247 e. The Balaban J connectivity index is 2.09. The van der Waals surface area contributed by atoms with Crippen molar-refractivity contribution in [1.29, 1.82) is 0 Å². The number of anilines is 2. The average Bonchev–Trinajstić information content (AvgIpc) is 2.62. The molecule has 0 atom stereocenters. The fourth-order valence-electron chi connectivity index (χ4n) is 2.35. The number of carbonyl (C=O) groups excluding carboxylic acids is 2. The van der Waals surface area contributed by atoms with Crippen LogP contribution in [0.1, 0.15) is 6.92 Å². The van der Waals surface area contributed by atoms with Crippen molar-refractivity contribution in [1.82, 2.24) is 4.31 Å². The van der Waals surface area contributed by atoms with Gasteiger partial charge in [0.2, 0.25) is 21.8 Å². The molecule has 2 rings (SSSR count). The zero-order valence-electron chi connectivity index (χ0n) is 15.5. The Hall–Kier alpha value is -2.98. The molecule has 0 bridgehead atoms. The fraction of sp³-hybridized carbons (Fsp3) is 0.222. The molecule has 0 fully saturated rings. The second kappa shape index (κ2) is 8.81. The minimum absolute atomic E-state index is 0.0257. The van der Waals surface area contributed by atoms with Gasteiger partial charge in [-0.3, -0.25) is 9.59 Å². The number of hydrogen-bond acceptors (Lipinski definition) is 5. The van der Waals surface area contributed by atoms with Crippen LogP contribution in [0.3, 0.4) is 0 Å². The molecule has 150 valence electrons. The first-order valence-corrected chi connectivity index (χ1v) is 9.55. The number of nitrogens with zero attached hydrogens (tertiary/aromatic N) is 1. The first-order valence-electron chi connectivity index (χ1n) is 8.11. The van der Waals surface area contributed by atoms with Gasteiger partial charge in [0.1, 0.15) is 16.5 Å². The monoisotopic (exact) mass is 409 g/mol. The number of halogens is 1. The summed E-state index contributed by atoms with van der Waals surface area (Å²) in [5.74, 6) is -1.58. The maximum atomic E-state index is 13.5. The topological polar surface area (TPSA) is 105 Å². The summed E-state index contributed by atoms with van der Waals surface area (Å²) in [5.41, 5.74) is 0.983. The summed E-state index contributed by atoms with van der Waals surface area (Å²) >= 11 is 0. The van der Waals surface area contributed by atoms with E-state index in [9.17, 15) is 22.4 Å². The van der Waals surface area contributed by atoms with Gasteiger partial charge in [-0.1, -0.05) is 0 Å². The van der Waals surface area contributed by atoms with E-state index in [-0.39, 0.29) is 16.6 Å². The van der Waals surface area contributed by atoms with Crippen molar-refractivity contribution < 1.29 is 27.1 Å². The number of likely N-dealkylation sites (N-methyl/N-ethyl adjacent to an activating group) is 1. The SMILES string of the molecule is COc1ccc(F)cc1S(=O)(=O)N(C)CC(=O)Nc1ccc(NC(C)=O)cc1. The molecule has 2 aromatic carbocycles. The Labute approximate surface area is 162 Å². The molecular formula is C18H20FN3O5S. The highest BCUT2D eigenvalue weighted by Crippen LogP contribution is 2.26. The number of rotatable bonds is 7. The minimum atomic E-state index is -4.15. The maximum Gasteiger partial charge on any atom is 0.247 e. The lowest BCUT2D eigenvalue weighted by atomic mass is 10.2. The van der Waals surface area contributed by atoms with Crippen LogP contribution in [0.2, 0.25) is 0 Å². The van der Waals surface area contributed by atoms with E-state index in [1.807, 2.05) is 0 Å². The van der Waals surface area contributed by atoms with Crippen molar-refractivity contribution in [3.8, 4) is 5.75 Å². The van der Waals surface area contributed by atoms with E-state index in [0.29, 0.717) is 11.4 Å². The van der Waals surface area contributed by atoms with Gasteiger partial charge in [-0.2, -0.15) is 4.31 Å².